The molecule has 0 bridgehead atoms. The lowest BCUT2D eigenvalue weighted by Crippen LogP contribution is -2.34. The van der Waals surface area contributed by atoms with Crippen LogP contribution in [0.25, 0.3) is 0 Å². The predicted molar refractivity (Wildman–Crippen MR) is 90.7 cm³/mol. The molecule has 148 valence electrons. The number of nitrogens with zero attached hydrogens (tertiary/aromatic N) is 1. The summed E-state index contributed by atoms with van der Waals surface area (Å²) in [5.74, 6) is -1.40. The van der Waals surface area contributed by atoms with Gasteiger partial charge in [-0.15, -0.1) is 0 Å². The molecule has 2 atom stereocenters. The van der Waals surface area contributed by atoms with Gasteiger partial charge in [-0.1, -0.05) is 6.42 Å². The maximum Gasteiger partial charge on any atom is 0.471 e. The number of aliphatic hydroxyl groups excluding tert-OH is 1. The molecule has 0 aliphatic carbocycles. The van der Waals surface area contributed by atoms with Crippen molar-refractivity contribution in [1.29, 1.82) is 0 Å². The first-order chi connectivity index (χ1) is 12.3. The molecule has 10 nitrogen and oxygen atoms in total. The first kappa shape index (κ1) is 22.5. The van der Waals surface area contributed by atoms with Gasteiger partial charge in [-0.2, -0.15) is 0 Å². The van der Waals surface area contributed by atoms with Gasteiger partial charge in [0, 0.05) is 51.3 Å². The Labute approximate surface area is 151 Å². The highest BCUT2D eigenvalue weighted by molar-refractivity contribution is 7.47. The highest BCUT2D eigenvalue weighted by atomic mass is 31.2. The fourth-order valence-corrected chi connectivity index (χ4v) is 2.72. The molecule has 0 aromatic heterocycles. The number of aliphatic hydroxyl groups is 1. The van der Waals surface area contributed by atoms with Crippen LogP contribution in [0.15, 0.2) is 12.2 Å². The van der Waals surface area contributed by atoms with Gasteiger partial charge in [0.15, 0.2) is 0 Å². The summed E-state index contributed by atoms with van der Waals surface area (Å²) < 4.78 is 20.2. The van der Waals surface area contributed by atoms with Crippen LogP contribution in [0.3, 0.4) is 0 Å². The van der Waals surface area contributed by atoms with Gasteiger partial charge in [0.25, 0.3) is 11.8 Å². The van der Waals surface area contributed by atoms with Gasteiger partial charge >= 0.3 is 7.82 Å². The third-order valence-corrected chi connectivity index (χ3v) is 4.72. The smallest absolute Gasteiger partial charge is 0.396 e. The second kappa shape index (κ2) is 11.2. The summed E-state index contributed by atoms with van der Waals surface area (Å²) in [6, 6.07) is 0. The van der Waals surface area contributed by atoms with Crippen molar-refractivity contribution < 1.29 is 38.0 Å². The summed E-state index contributed by atoms with van der Waals surface area (Å²) >= 11 is 0. The van der Waals surface area contributed by atoms with Gasteiger partial charge in [-0.25, -0.2) is 4.57 Å². The zero-order valence-electron chi connectivity index (χ0n) is 14.6. The zero-order valence-corrected chi connectivity index (χ0v) is 15.5. The van der Waals surface area contributed by atoms with Gasteiger partial charge in [0.1, 0.15) is 0 Å². The summed E-state index contributed by atoms with van der Waals surface area (Å²) in [5, 5.41) is 11.9. The summed E-state index contributed by atoms with van der Waals surface area (Å²) in [4.78, 5) is 44.5. The van der Waals surface area contributed by atoms with E-state index in [0.717, 1.165) is 12.0 Å². The molecule has 0 aromatic carbocycles. The molecule has 0 spiro atoms. The maximum absolute atomic E-state index is 11.7. The fourth-order valence-electron chi connectivity index (χ4n) is 2.22. The highest BCUT2D eigenvalue weighted by Gasteiger charge is 2.23. The Hall–Kier alpha value is -1.58. The van der Waals surface area contributed by atoms with Crippen LogP contribution in [0, 0.1) is 5.92 Å². The van der Waals surface area contributed by atoms with Crippen molar-refractivity contribution >= 4 is 25.5 Å². The van der Waals surface area contributed by atoms with Crippen molar-refractivity contribution in [2.24, 2.45) is 5.92 Å². The molecule has 0 fully saturated rings. The summed E-state index contributed by atoms with van der Waals surface area (Å²) in [6.45, 7) is 0.161. The van der Waals surface area contributed by atoms with Gasteiger partial charge < -0.3 is 15.3 Å². The number of carbonyl (C=O) groups excluding carboxylic acids is 3. The van der Waals surface area contributed by atoms with Crippen LogP contribution in [0.4, 0.5) is 0 Å². The van der Waals surface area contributed by atoms with E-state index in [-0.39, 0.29) is 38.0 Å². The van der Waals surface area contributed by atoms with Crippen molar-refractivity contribution in [2.75, 3.05) is 33.4 Å². The van der Waals surface area contributed by atoms with E-state index in [2.05, 4.69) is 9.84 Å². The molecule has 3 N–H and O–H groups in total. The number of rotatable bonds is 13. The second-order valence-electron chi connectivity index (χ2n) is 5.75. The van der Waals surface area contributed by atoms with E-state index in [1.54, 1.807) is 0 Å². The molecular weight excluding hydrogens is 367 g/mol. The lowest BCUT2D eigenvalue weighted by atomic mass is 10.0. The molecular formula is C15H25N2O8P. The molecule has 1 aliphatic rings. The number of hydrogen-bond acceptors (Lipinski definition) is 7. The van der Waals surface area contributed by atoms with Gasteiger partial charge in [0.05, 0.1) is 6.61 Å². The van der Waals surface area contributed by atoms with Crippen LogP contribution < -0.4 is 5.32 Å². The normalized spacial score (nSPS) is 17.4. The molecule has 1 aliphatic heterocycles. The van der Waals surface area contributed by atoms with E-state index in [1.807, 2.05) is 0 Å². The first-order valence-electron chi connectivity index (χ1n) is 8.23. The molecule has 1 rings (SSSR count). The monoisotopic (exact) mass is 392 g/mol. The predicted octanol–water partition coefficient (Wildman–Crippen LogP) is -0.0401. The van der Waals surface area contributed by atoms with Crippen molar-refractivity contribution in [2.45, 2.75) is 25.7 Å². The van der Waals surface area contributed by atoms with Gasteiger partial charge in [-0.05, 0) is 12.8 Å². The Balaban J connectivity index is 2.11. The average molecular weight is 392 g/mol. The number of nitrogens with one attached hydrogen (secondary N) is 1. The van der Waals surface area contributed by atoms with Gasteiger partial charge in [0.2, 0.25) is 5.91 Å². The van der Waals surface area contributed by atoms with Crippen LogP contribution in [0.2, 0.25) is 0 Å². The molecule has 1 heterocycles. The van der Waals surface area contributed by atoms with E-state index >= 15 is 0 Å². The number of carbonyl (C=O) groups is 3. The number of amides is 3. The first-order valence-corrected chi connectivity index (χ1v) is 9.72. The molecule has 11 heteroatoms. The second-order valence-corrected chi connectivity index (χ2v) is 7.31. The molecule has 0 aromatic rings. The number of phosphoric acid groups is 1. The molecule has 3 amide bonds. The summed E-state index contributed by atoms with van der Waals surface area (Å²) in [5.41, 5.74) is 0. The molecule has 0 radical (unpaired) electrons. The highest BCUT2D eigenvalue weighted by Crippen LogP contribution is 2.42. The van der Waals surface area contributed by atoms with Crippen molar-refractivity contribution in [3.63, 3.8) is 0 Å². The van der Waals surface area contributed by atoms with Crippen LogP contribution in [0.5, 0.6) is 0 Å². The lowest BCUT2D eigenvalue weighted by Gasteiger charge is -2.16. The topological polar surface area (TPSA) is 142 Å². The van der Waals surface area contributed by atoms with E-state index in [9.17, 15) is 24.1 Å². The summed E-state index contributed by atoms with van der Waals surface area (Å²) in [6.07, 6.45) is 4.25. The molecule has 0 saturated carbocycles. The standard InChI is InChI=1S/C15H25N2O8P/c1-24-26(22,23)25-11-12(10-18)4-2-3-8-16-13(19)7-9-17-14(20)5-6-15(17)21/h5-6,12,18H,2-4,7-11H2,1H3,(H,16,19)(H,22,23). The van der Waals surface area contributed by atoms with Crippen molar-refractivity contribution in [1.82, 2.24) is 10.2 Å². The molecule has 0 saturated heterocycles. The number of unbranched alkanes of at least 4 members (excludes halogenated alkanes) is 1. The van der Waals surface area contributed by atoms with Gasteiger partial charge in [-0.3, -0.25) is 28.3 Å². The minimum Gasteiger partial charge on any atom is -0.396 e. The van der Waals surface area contributed by atoms with Crippen LogP contribution in [-0.4, -0.2) is 66.0 Å². The minimum atomic E-state index is -4.05. The average Bonchev–Trinajstić information content (AvgIpc) is 2.93. The number of phosphoric ester groups is 1. The molecule has 26 heavy (non-hydrogen) atoms. The number of hydrogen-bond donors (Lipinski definition) is 3. The third kappa shape index (κ3) is 8.20. The lowest BCUT2D eigenvalue weighted by molar-refractivity contribution is -0.137. The van der Waals surface area contributed by atoms with Crippen LogP contribution >= 0.6 is 7.82 Å². The Morgan fingerprint density at radius 3 is 2.54 bits per heavy atom. The van der Waals surface area contributed by atoms with E-state index in [4.69, 9.17) is 9.42 Å². The largest absolute Gasteiger partial charge is 0.471 e. The fraction of sp³-hybridized carbons (Fsp3) is 0.667. The zero-order chi connectivity index (χ0) is 19.6. The van der Waals surface area contributed by atoms with Crippen molar-refractivity contribution in [3.05, 3.63) is 12.2 Å². The SMILES string of the molecule is COP(=O)(O)OCC(CO)CCCCNC(=O)CCN1C(=O)C=CC1=O. The van der Waals surface area contributed by atoms with E-state index in [1.165, 1.54) is 12.2 Å². The van der Waals surface area contributed by atoms with Crippen LogP contribution in [0.1, 0.15) is 25.7 Å². The third-order valence-electron chi connectivity index (χ3n) is 3.79. The summed E-state index contributed by atoms with van der Waals surface area (Å²) in [7, 11) is -2.99. The van der Waals surface area contributed by atoms with E-state index in [0.29, 0.717) is 25.8 Å². The Morgan fingerprint density at radius 2 is 1.96 bits per heavy atom. The Bertz CT molecular complexity index is 562. The maximum atomic E-state index is 11.7. The quantitative estimate of drug-likeness (QED) is 0.225. The minimum absolute atomic E-state index is 0.0368. The number of imide groups is 1. The Kier molecular flexibility index (Phi) is 9.68. The van der Waals surface area contributed by atoms with Crippen LogP contribution in [-0.2, 0) is 28.0 Å². The Morgan fingerprint density at radius 1 is 1.31 bits per heavy atom. The molecule has 2 unspecified atom stereocenters. The van der Waals surface area contributed by atoms with Crippen molar-refractivity contribution in [3.8, 4) is 0 Å². The van der Waals surface area contributed by atoms with E-state index < -0.39 is 19.6 Å².